The molecule has 1 N–H and O–H groups in total. The number of aryl methyl sites for hydroxylation is 2. The fourth-order valence-corrected chi connectivity index (χ4v) is 5.57. The van der Waals surface area contributed by atoms with Crippen molar-refractivity contribution in [3.05, 3.63) is 76.7 Å². The number of rotatable bonds is 8. The molecule has 3 heterocycles. The van der Waals surface area contributed by atoms with Gasteiger partial charge in [0.25, 0.3) is 0 Å². The van der Waals surface area contributed by atoms with Crippen LogP contribution in [0.15, 0.2) is 42.6 Å². The molecule has 6 nitrogen and oxygen atoms in total. The van der Waals surface area contributed by atoms with Crippen molar-refractivity contribution in [3.8, 4) is 5.69 Å². The SMILES string of the molecule is CCCc1cccc(C2(C)CC(CNc3nc(CC)nc4c3cnn4-c3ccc(F)cc3F)(C(F)(F)F)O2)c1C. The molecule has 0 amide bonds. The van der Waals surface area contributed by atoms with Gasteiger partial charge in [-0.15, -0.1) is 0 Å². The Balaban J connectivity index is 1.47. The van der Waals surface area contributed by atoms with Crippen molar-refractivity contribution in [2.75, 3.05) is 11.9 Å². The van der Waals surface area contributed by atoms with Gasteiger partial charge in [0.05, 0.1) is 23.7 Å². The summed E-state index contributed by atoms with van der Waals surface area (Å²) in [6.45, 7) is 6.87. The van der Waals surface area contributed by atoms with Crippen LogP contribution in [0.5, 0.6) is 0 Å². The number of halogens is 5. The Bertz CT molecular complexity index is 1560. The first-order valence-corrected chi connectivity index (χ1v) is 13.2. The minimum atomic E-state index is -4.66. The summed E-state index contributed by atoms with van der Waals surface area (Å²) >= 11 is 0. The number of hydrogen-bond acceptors (Lipinski definition) is 5. The van der Waals surface area contributed by atoms with Gasteiger partial charge in [-0.05, 0) is 49.1 Å². The van der Waals surface area contributed by atoms with Crippen molar-refractivity contribution >= 4 is 16.9 Å². The van der Waals surface area contributed by atoms with E-state index in [9.17, 15) is 22.0 Å². The predicted octanol–water partition coefficient (Wildman–Crippen LogP) is 6.97. The van der Waals surface area contributed by atoms with E-state index in [0.717, 1.165) is 41.7 Å². The van der Waals surface area contributed by atoms with Crippen LogP contribution in [0.2, 0.25) is 0 Å². The zero-order chi connectivity index (χ0) is 28.9. The molecule has 1 aliphatic rings. The lowest BCUT2D eigenvalue weighted by molar-refractivity contribution is -0.380. The third-order valence-electron chi connectivity index (χ3n) is 7.57. The van der Waals surface area contributed by atoms with Gasteiger partial charge >= 0.3 is 6.18 Å². The van der Waals surface area contributed by atoms with E-state index in [1.165, 1.54) is 16.9 Å². The number of anilines is 1. The van der Waals surface area contributed by atoms with Crippen LogP contribution in [0.3, 0.4) is 0 Å². The molecule has 40 heavy (non-hydrogen) atoms. The average Bonchev–Trinajstić information content (AvgIpc) is 3.30. The molecule has 1 fully saturated rings. The van der Waals surface area contributed by atoms with Crippen LogP contribution in [-0.4, -0.2) is 38.1 Å². The van der Waals surface area contributed by atoms with Gasteiger partial charge < -0.3 is 10.1 Å². The Morgan fingerprint density at radius 2 is 1.85 bits per heavy atom. The summed E-state index contributed by atoms with van der Waals surface area (Å²) in [5.41, 5.74) is -0.627. The largest absolute Gasteiger partial charge is 0.419 e. The minimum Gasteiger partial charge on any atom is -0.366 e. The summed E-state index contributed by atoms with van der Waals surface area (Å²) in [5.74, 6) is -1.16. The number of nitrogens with one attached hydrogen (secondary N) is 1. The Hall–Kier alpha value is -3.60. The van der Waals surface area contributed by atoms with Crippen molar-refractivity contribution in [3.63, 3.8) is 0 Å². The van der Waals surface area contributed by atoms with Crippen LogP contribution in [0.25, 0.3) is 16.7 Å². The van der Waals surface area contributed by atoms with Crippen LogP contribution >= 0.6 is 0 Å². The van der Waals surface area contributed by atoms with Gasteiger partial charge in [0.1, 0.15) is 23.1 Å². The Morgan fingerprint density at radius 3 is 2.50 bits per heavy atom. The second-order valence-electron chi connectivity index (χ2n) is 10.4. The maximum atomic E-state index is 14.5. The van der Waals surface area contributed by atoms with E-state index >= 15 is 0 Å². The molecular formula is C29H30F5N5O. The van der Waals surface area contributed by atoms with Gasteiger partial charge in [-0.3, -0.25) is 0 Å². The molecule has 11 heteroatoms. The highest BCUT2D eigenvalue weighted by atomic mass is 19.4. The van der Waals surface area contributed by atoms with E-state index in [1.54, 1.807) is 13.8 Å². The fourth-order valence-electron chi connectivity index (χ4n) is 5.57. The Labute approximate surface area is 228 Å². The summed E-state index contributed by atoms with van der Waals surface area (Å²) in [4.78, 5) is 8.81. The molecule has 2 aromatic heterocycles. The first kappa shape index (κ1) is 27.9. The number of fused-ring (bicyclic) bond motifs is 1. The molecule has 0 spiro atoms. The number of nitrogens with zero attached hydrogens (tertiary/aromatic N) is 4. The maximum absolute atomic E-state index is 14.5. The molecule has 2 aromatic carbocycles. The maximum Gasteiger partial charge on any atom is 0.419 e. The molecule has 0 bridgehead atoms. The van der Waals surface area contributed by atoms with Gasteiger partial charge in [-0.1, -0.05) is 38.5 Å². The predicted molar refractivity (Wildman–Crippen MR) is 141 cm³/mol. The molecular weight excluding hydrogens is 529 g/mol. The van der Waals surface area contributed by atoms with Crippen molar-refractivity contribution in [1.82, 2.24) is 19.7 Å². The summed E-state index contributed by atoms with van der Waals surface area (Å²) in [5, 5.41) is 7.30. The number of alkyl halides is 3. The quantitative estimate of drug-likeness (QED) is 0.236. The lowest BCUT2D eigenvalue weighted by Crippen LogP contribution is -2.67. The molecule has 1 saturated heterocycles. The fraction of sp³-hybridized carbons (Fsp3) is 0.414. The van der Waals surface area contributed by atoms with E-state index in [4.69, 9.17) is 4.74 Å². The van der Waals surface area contributed by atoms with Crippen LogP contribution in [0, 0.1) is 18.6 Å². The highest BCUT2D eigenvalue weighted by Crippen LogP contribution is 2.56. The van der Waals surface area contributed by atoms with E-state index in [-0.39, 0.29) is 23.6 Å². The molecule has 0 aliphatic carbocycles. The first-order chi connectivity index (χ1) is 18.9. The first-order valence-electron chi connectivity index (χ1n) is 13.2. The van der Waals surface area contributed by atoms with Crippen LogP contribution in [0.4, 0.5) is 27.8 Å². The Morgan fingerprint density at radius 1 is 1.10 bits per heavy atom. The smallest absolute Gasteiger partial charge is 0.366 e. The van der Waals surface area contributed by atoms with E-state index in [2.05, 4.69) is 27.3 Å². The summed E-state index contributed by atoms with van der Waals surface area (Å²) in [6, 6.07) is 8.71. The topological polar surface area (TPSA) is 64.9 Å². The molecule has 212 valence electrons. The molecule has 0 saturated carbocycles. The van der Waals surface area contributed by atoms with Gasteiger partial charge in [0.15, 0.2) is 17.1 Å². The van der Waals surface area contributed by atoms with Gasteiger partial charge in [-0.2, -0.15) is 18.3 Å². The van der Waals surface area contributed by atoms with Crippen LogP contribution < -0.4 is 5.32 Å². The lowest BCUT2D eigenvalue weighted by atomic mass is 9.73. The van der Waals surface area contributed by atoms with E-state index in [1.807, 2.05) is 25.1 Å². The standard InChI is InChI=1S/C29H30F5N5O/c1-5-8-18-9-7-10-21(17(18)3)27(4)15-28(40-27,29(32,33)34)16-35-25-20-14-36-39(26(20)38-24(6-2)37-25)23-12-11-19(30)13-22(23)31/h7,9-14H,5-6,8,15-16H2,1-4H3,(H,35,37,38). The van der Waals surface area contributed by atoms with Crippen molar-refractivity contribution in [1.29, 1.82) is 0 Å². The summed E-state index contributed by atoms with van der Waals surface area (Å²) in [6.07, 6.45) is -1.46. The Kier molecular flexibility index (Phi) is 7.06. The van der Waals surface area contributed by atoms with E-state index in [0.29, 0.717) is 17.6 Å². The lowest BCUT2D eigenvalue weighted by Gasteiger charge is -2.55. The van der Waals surface area contributed by atoms with Gasteiger partial charge in [-0.25, -0.2) is 23.4 Å². The van der Waals surface area contributed by atoms with Gasteiger partial charge in [0.2, 0.25) is 0 Å². The highest BCUT2D eigenvalue weighted by molar-refractivity contribution is 5.87. The normalized spacial score (nSPS) is 21.0. The van der Waals surface area contributed by atoms with Crippen molar-refractivity contribution < 1.29 is 26.7 Å². The second-order valence-corrected chi connectivity index (χ2v) is 10.4. The summed E-state index contributed by atoms with van der Waals surface area (Å²) in [7, 11) is 0. The molecule has 4 aromatic rings. The number of ether oxygens (including phenoxy) is 1. The van der Waals surface area contributed by atoms with Crippen molar-refractivity contribution in [2.24, 2.45) is 0 Å². The van der Waals surface area contributed by atoms with Gasteiger partial charge in [0, 0.05) is 18.9 Å². The van der Waals surface area contributed by atoms with E-state index < -0.39 is 35.6 Å². The zero-order valence-corrected chi connectivity index (χ0v) is 22.7. The number of hydrogen-bond donors (Lipinski definition) is 1. The minimum absolute atomic E-state index is 0.0476. The summed E-state index contributed by atoms with van der Waals surface area (Å²) < 4.78 is 78.5. The number of aromatic nitrogens is 4. The highest BCUT2D eigenvalue weighted by Gasteiger charge is 2.68. The third-order valence-corrected chi connectivity index (χ3v) is 7.57. The molecule has 0 radical (unpaired) electrons. The van der Waals surface area contributed by atoms with Crippen LogP contribution in [-0.2, 0) is 23.2 Å². The molecule has 5 rings (SSSR count). The third kappa shape index (κ3) is 4.70. The van der Waals surface area contributed by atoms with Crippen molar-refractivity contribution in [2.45, 2.75) is 70.8 Å². The second kappa shape index (κ2) is 10.1. The monoisotopic (exact) mass is 559 g/mol. The zero-order valence-electron chi connectivity index (χ0n) is 22.7. The molecule has 1 aliphatic heterocycles. The van der Waals surface area contributed by atoms with Crippen LogP contribution in [0.1, 0.15) is 56.1 Å². The molecule has 2 atom stereocenters. The number of benzene rings is 2. The molecule has 2 unspecified atom stereocenters. The average molecular weight is 560 g/mol.